The molecule has 0 saturated carbocycles. The molecule has 1 aliphatic heterocycles. The molecule has 134 valence electrons. The molecule has 8 heteroatoms. The molecule has 3 aromatic rings. The van der Waals surface area contributed by atoms with E-state index >= 15 is 0 Å². The molecule has 0 unspecified atom stereocenters. The summed E-state index contributed by atoms with van der Waals surface area (Å²) in [6.45, 7) is 1.47. The zero-order valence-corrected chi connectivity index (χ0v) is 14.7. The van der Waals surface area contributed by atoms with E-state index in [2.05, 4.69) is 15.0 Å². The van der Waals surface area contributed by atoms with Gasteiger partial charge in [0, 0.05) is 39.2 Å². The Morgan fingerprint density at radius 1 is 1.23 bits per heavy atom. The van der Waals surface area contributed by atoms with Gasteiger partial charge in [-0.15, -0.1) is 0 Å². The Kier molecular flexibility index (Phi) is 4.26. The predicted octanol–water partition coefficient (Wildman–Crippen LogP) is 1.40. The summed E-state index contributed by atoms with van der Waals surface area (Å²) in [6.07, 6.45) is 4.94. The molecule has 0 spiro atoms. The van der Waals surface area contributed by atoms with Crippen LogP contribution in [-0.2, 0) is 4.74 Å². The van der Waals surface area contributed by atoms with Crippen molar-refractivity contribution >= 4 is 17.5 Å². The molecule has 26 heavy (non-hydrogen) atoms. The Morgan fingerprint density at radius 3 is 2.96 bits per heavy atom. The summed E-state index contributed by atoms with van der Waals surface area (Å²) >= 11 is 0. The highest BCUT2D eigenvalue weighted by Crippen LogP contribution is 2.23. The SMILES string of the molecule is CN(C)c1nccc([C@@H]2CN(C(=O)c3cccc4nccn34)CCO2)n1. The van der Waals surface area contributed by atoms with Crippen LogP contribution in [0.15, 0.2) is 42.9 Å². The minimum absolute atomic E-state index is 0.0382. The molecular weight excluding hydrogens is 332 g/mol. The third-order valence-electron chi connectivity index (χ3n) is 4.40. The van der Waals surface area contributed by atoms with Crippen LogP contribution in [0.1, 0.15) is 22.3 Å². The Balaban J connectivity index is 1.58. The van der Waals surface area contributed by atoms with Crippen molar-refractivity contribution in [3.63, 3.8) is 0 Å². The number of fused-ring (bicyclic) bond motifs is 1. The van der Waals surface area contributed by atoms with Crippen molar-refractivity contribution in [2.24, 2.45) is 0 Å². The van der Waals surface area contributed by atoms with E-state index in [4.69, 9.17) is 4.74 Å². The smallest absolute Gasteiger partial charge is 0.271 e. The van der Waals surface area contributed by atoms with E-state index in [1.54, 1.807) is 23.5 Å². The summed E-state index contributed by atoms with van der Waals surface area (Å²) in [5.41, 5.74) is 2.13. The molecule has 4 rings (SSSR count). The number of amides is 1. The molecule has 0 aromatic carbocycles. The van der Waals surface area contributed by atoms with Gasteiger partial charge in [0.1, 0.15) is 17.4 Å². The number of rotatable bonds is 3. The van der Waals surface area contributed by atoms with Crippen molar-refractivity contribution in [1.29, 1.82) is 0 Å². The third-order valence-corrected chi connectivity index (χ3v) is 4.40. The fourth-order valence-electron chi connectivity index (χ4n) is 3.05. The minimum Gasteiger partial charge on any atom is -0.368 e. The molecule has 4 heterocycles. The van der Waals surface area contributed by atoms with Crippen LogP contribution in [0.3, 0.4) is 0 Å². The number of imidazole rings is 1. The maximum Gasteiger partial charge on any atom is 0.271 e. The molecule has 0 radical (unpaired) electrons. The normalized spacial score (nSPS) is 17.5. The average Bonchev–Trinajstić information content (AvgIpc) is 3.16. The quantitative estimate of drug-likeness (QED) is 0.709. The lowest BCUT2D eigenvalue weighted by Crippen LogP contribution is -2.43. The second-order valence-corrected chi connectivity index (χ2v) is 6.35. The van der Waals surface area contributed by atoms with Crippen molar-refractivity contribution in [3.8, 4) is 0 Å². The van der Waals surface area contributed by atoms with Gasteiger partial charge in [0.05, 0.1) is 18.8 Å². The van der Waals surface area contributed by atoms with E-state index in [0.29, 0.717) is 31.3 Å². The third kappa shape index (κ3) is 2.99. The van der Waals surface area contributed by atoms with Gasteiger partial charge in [0.25, 0.3) is 5.91 Å². The number of hydrogen-bond donors (Lipinski definition) is 0. The van der Waals surface area contributed by atoms with Gasteiger partial charge in [-0.3, -0.25) is 9.20 Å². The second-order valence-electron chi connectivity index (χ2n) is 6.35. The Morgan fingerprint density at radius 2 is 2.12 bits per heavy atom. The first kappa shape index (κ1) is 16.5. The number of anilines is 1. The van der Waals surface area contributed by atoms with Crippen LogP contribution in [-0.4, -0.2) is 64.0 Å². The highest BCUT2D eigenvalue weighted by atomic mass is 16.5. The van der Waals surface area contributed by atoms with Crippen LogP contribution < -0.4 is 4.90 Å². The molecule has 1 saturated heterocycles. The van der Waals surface area contributed by atoms with E-state index in [0.717, 1.165) is 11.3 Å². The van der Waals surface area contributed by atoms with E-state index in [1.165, 1.54) is 0 Å². The number of carbonyl (C=O) groups excluding carboxylic acids is 1. The largest absolute Gasteiger partial charge is 0.368 e. The van der Waals surface area contributed by atoms with Crippen LogP contribution in [0.25, 0.3) is 5.65 Å². The maximum absolute atomic E-state index is 13.0. The van der Waals surface area contributed by atoms with Crippen molar-refractivity contribution in [2.75, 3.05) is 38.7 Å². The van der Waals surface area contributed by atoms with Crippen LogP contribution in [0.2, 0.25) is 0 Å². The summed E-state index contributed by atoms with van der Waals surface area (Å²) < 4.78 is 7.67. The lowest BCUT2D eigenvalue weighted by atomic mass is 10.2. The average molecular weight is 352 g/mol. The summed E-state index contributed by atoms with van der Waals surface area (Å²) in [6, 6.07) is 7.38. The van der Waals surface area contributed by atoms with Crippen LogP contribution in [0, 0.1) is 0 Å². The number of pyridine rings is 1. The lowest BCUT2D eigenvalue weighted by Gasteiger charge is -2.33. The fraction of sp³-hybridized carbons (Fsp3) is 0.333. The van der Waals surface area contributed by atoms with Gasteiger partial charge < -0.3 is 14.5 Å². The first-order chi connectivity index (χ1) is 12.6. The highest BCUT2D eigenvalue weighted by molar-refractivity contribution is 5.93. The number of carbonyl (C=O) groups is 1. The molecule has 0 N–H and O–H groups in total. The van der Waals surface area contributed by atoms with Crippen molar-refractivity contribution < 1.29 is 9.53 Å². The molecule has 8 nitrogen and oxygen atoms in total. The van der Waals surface area contributed by atoms with Gasteiger partial charge in [-0.25, -0.2) is 15.0 Å². The number of hydrogen-bond acceptors (Lipinski definition) is 6. The Hall–Kier alpha value is -3.00. The minimum atomic E-state index is -0.267. The molecule has 3 aromatic heterocycles. The van der Waals surface area contributed by atoms with E-state index < -0.39 is 0 Å². The summed E-state index contributed by atoms with van der Waals surface area (Å²) in [7, 11) is 3.78. The zero-order chi connectivity index (χ0) is 18.1. The van der Waals surface area contributed by atoms with Gasteiger partial charge in [-0.2, -0.15) is 0 Å². The molecule has 1 fully saturated rings. The first-order valence-electron chi connectivity index (χ1n) is 8.47. The molecule has 1 atom stereocenters. The van der Waals surface area contributed by atoms with Gasteiger partial charge in [0.2, 0.25) is 5.95 Å². The van der Waals surface area contributed by atoms with Gasteiger partial charge in [0.15, 0.2) is 0 Å². The van der Waals surface area contributed by atoms with Crippen molar-refractivity contribution in [3.05, 3.63) is 54.2 Å². The topological polar surface area (TPSA) is 75.9 Å². The van der Waals surface area contributed by atoms with Crippen molar-refractivity contribution in [1.82, 2.24) is 24.3 Å². The van der Waals surface area contributed by atoms with Crippen LogP contribution in [0.5, 0.6) is 0 Å². The summed E-state index contributed by atoms with van der Waals surface area (Å²) in [4.78, 5) is 29.7. The van der Waals surface area contributed by atoms with E-state index in [9.17, 15) is 4.79 Å². The highest BCUT2D eigenvalue weighted by Gasteiger charge is 2.28. The molecule has 1 aliphatic rings. The number of nitrogens with zero attached hydrogens (tertiary/aromatic N) is 6. The second kappa shape index (κ2) is 6.72. The molecule has 0 aliphatic carbocycles. The number of morpholine rings is 1. The van der Waals surface area contributed by atoms with Crippen LogP contribution in [0.4, 0.5) is 5.95 Å². The standard InChI is InChI=1S/C18H20N6O2/c1-22(2)18-20-7-6-13(21-18)15-12-23(10-11-26-15)17(25)14-4-3-5-16-19-8-9-24(14)16/h3-9,15H,10-12H2,1-2H3/t15-/m0/s1. The van der Waals surface area contributed by atoms with Crippen molar-refractivity contribution in [2.45, 2.75) is 6.10 Å². The summed E-state index contributed by atoms with van der Waals surface area (Å²) in [5, 5.41) is 0. The molecule has 1 amide bonds. The molecular formula is C18H20N6O2. The number of ether oxygens (including phenoxy) is 1. The first-order valence-corrected chi connectivity index (χ1v) is 8.47. The van der Waals surface area contributed by atoms with E-state index in [-0.39, 0.29) is 12.0 Å². The van der Waals surface area contributed by atoms with E-state index in [1.807, 2.05) is 47.7 Å². The summed E-state index contributed by atoms with van der Waals surface area (Å²) in [5.74, 6) is 0.585. The maximum atomic E-state index is 13.0. The van der Waals surface area contributed by atoms with Crippen LogP contribution >= 0.6 is 0 Å². The fourth-order valence-corrected chi connectivity index (χ4v) is 3.05. The van der Waals surface area contributed by atoms with Gasteiger partial charge in [-0.05, 0) is 18.2 Å². The predicted molar refractivity (Wildman–Crippen MR) is 96.1 cm³/mol. The van der Waals surface area contributed by atoms with Gasteiger partial charge >= 0.3 is 0 Å². The monoisotopic (exact) mass is 352 g/mol. The molecule has 0 bridgehead atoms. The lowest BCUT2D eigenvalue weighted by molar-refractivity contribution is -0.0249. The van der Waals surface area contributed by atoms with Gasteiger partial charge in [-0.1, -0.05) is 6.07 Å². The Bertz CT molecular complexity index is 938. The number of aromatic nitrogens is 4. The zero-order valence-electron chi connectivity index (χ0n) is 14.7. The Labute approximate surface area is 151 Å².